The fraction of sp³-hybridized carbons (Fsp3) is 0.417. The smallest absolute Gasteiger partial charge is 0.174 e. The molecule has 1 aromatic rings. The lowest BCUT2D eigenvalue weighted by molar-refractivity contribution is 0.102. The summed E-state index contributed by atoms with van der Waals surface area (Å²) in [4.78, 5) is 11.8. The van der Waals surface area contributed by atoms with Gasteiger partial charge in [-0.05, 0) is 30.4 Å². The van der Waals surface area contributed by atoms with Gasteiger partial charge in [0.2, 0.25) is 0 Å². The first kappa shape index (κ1) is 13.4. The number of ether oxygens (including phenoxy) is 1. The Hall–Kier alpha value is -0.670. The highest BCUT2D eigenvalue weighted by atomic mass is 35.5. The third-order valence-electron chi connectivity index (χ3n) is 2.06. The third kappa shape index (κ3) is 3.72. The number of hydrogen-bond donors (Lipinski definition) is 0. The first-order chi connectivity index (χ1) is 7.69. The first-order valence-corrected chi connectivity index (χ1v) is 6.66. The number of benzene rings is 1. The van der Waals surface area contributed by atoms with Gasteiger partial charge in [-0.25, -0.2) is 0 Å². The molecule has 0 bridgehead atoms. The van der Waals surface area contributed by atoms with Crippen LogP contribution >= 0.6 is 23.4 Å². The van der Waals surface area contributed by atoms with E-state index in [0.717, 1.165) is 12.2 Å². The molecule has 0 amide bonds. The molecule has 0 aliphatic rings. The molecule has 4 heteroatoms. The van der Waals surface area contributed by atoms with Crippen LogP contribution in [0.25, 0.3) is 0 Å². The van der Waals surface area contributed by atoms with Gasteiger partial charge >= 0.3 is 0 Å². The van der Waals surface area contributed by atoms with E-state index >= 15 is 0 Å². The maximum Gasteiger partial charge on any atom is 0.174 e. The van der Waals surface area contributed by atoms with Crippen molar-refractivity contribution in [2.45, 2.75) is 13.3 Å². The topological polar surface area (TPSA) is 26.3 Å². The van der Waals surface area contributed by atoms with Crippen molar-refractivity contribution >= 4 is 29.1 Å². The number of methoxy groups -OCH3 is 1. The number of carbonyl (C=O) groups is 1. The number of halogens is 1. The predicted octanol–water partition coefficient (Wildman–Crippen LogP) is 3.67. The Morgan fingerprint density at radius 1 is 1.50 bits per heavy atom. The number of rotatable bonds is 6. The lowest BCUT2D eigenvalue weighted by Gasteiger charge is -2.06. The van der Waals surface area contributed by atoms with Crippen LogP contribution in [0.1, 0.15) is 23.7 Å². The van der Waals surface area contributed by atoms with Crippen molar-refractivity contribution in [3.05, 3.63) is 28.8 Å². The summed E-state index contributed by atoms with van der Waals surface area (Å²) in [6, 6.07) is 5.13. The van der Waals surface area contributed by atoms with E-state index in [1.165, 1.54) is 0 Å². The van der Waals surface area contributed by atoms with Crippen LogP contribution in [-0.2, 0) is 0 Å². The molecule has 0 unspecified atom stereocenters. The molecule has 16 heavy (non-hydrogen) atoms. The second-order valence-corrected chi connectivity index (χ2v) is 4.83. The fourth-order valence-corrected chi connectivity index (χ4v) is 2.23. The zero-order chi connectivity index (χ0) is 12.0. The molecule has 0 saturated heterocycles. The monoisotopic (exact) mass is 258 g/mol. The lowest BCUT2D eigenvalue weighted by Crippen LogP contribution is -2.04. The number of Topliss-reactive ketones (excluding diaryl/α,β-unsaturated/α-hetero) is 1. The van der Waals surface area contributed by atoms with Crippen LogP contribution in [0.5, 0.6) is 5.75 Å². The molecular formula is C12H15ClO2S. The SMILES string of the molecule is CCCSCC(=O)c1cc(OC)ccc1Cl. The summed E-state index contributed by atoms with van der Waals surface area (Å²) in [7, 11) is 1.57. The summed E-state index contributed by atoms with van der Waals surface area (Å²) in [5.74, 6) is 2.18. The van der Waals surface area contributed by atoms with Crippen LogP contribution in [0.2, 0.25) is 5.02 Å². The zero-order valence-corrected chi connectivity index (χ0v) is 11.0. The second-order valence-electron chi connectivity index (χ2n) is 3.32. The van der Waals surface area contributed by atoms with Crippen LogP contribution < -0.4 is 4.74 Å². The quantitative estimate of drug-likeness (QED) is 0.575. The van der Waals surface area contributed by atoms with Crippen molar-refractivity contribution in [2.24, 2.45) is 0 Å². The molecule has 2 nitrogen and oxygen atoms in total. The normalized spacial score (nSPS) is 10.2. The minimum Gasteiger partial charge on any atom is -0.497 e. The van der Waals surface area contributed by atoms with Crippen LogP contribution in [0.4, 0.5) is 0 Å². The van der Waals surface area contributed by atoms with Gasteiger partial charge in [0.15, 0.2) is 5.78 Å². The highest BCUT2D eigenvalue weighted by molar-refractivity contribution is 7.99. The highest BCUT2D eigenvalue weighted by Crippen LogP contribution is 2.23. The van der Waals surface area contributed by atoms with Gasteiger partial charge in [-0.2, -0.15) is 11.8 Å². The van der Waals surface area contributed by atoms with Gasteiger partial charge in [-0.15, -0.1) is 0 Å². The van der Waals surface area contributed by atoms with E-state index in [9.17, 15) is 4.79 Å². The molecule has 0 heterocycles. The molecule has 0 radical (unpaired) electrons. The van der Waals surface area contributed by atoms with Gasteiger partial charge in [0, 0.05) is 5.56 Å². The second kappa shape index (κ2) is 6.81. The Morgan fingerprint density at radius 2 is 2.25 bits per heavy atom. The van der Waals surface area contributed by atoms with Crippen molar-refractivity contribution in [3.63, 3.8) is 0 Å². The Balaban J connectivity index is 2.73. The molecule has 0 saturated carbocycles. The Labute approximate surface area is 105 Å². The summed E-state index contributed by atoms with van der Waals surface area (Å²) in [6.45, 7) is 2.09. The summed E-state index contributed by atoms with van der Waals surface area (Å²) in [5, 5.41) is 0.489. The number of hydrogen-bond acceptors (Lipinski definition) is 3. The van der Waals surface area contributed by atoms with Crippen LogP contribution in [0, 0.1) is 0 Å². The van der Waals surface area contributed by atoms with E-state index in [2.05, 4.69) is 6.92 Å². The highest BCUT2D eigenvalue weighted by Gasteiger charge is 2.11. The molecule has 0 N–H and O–H groups in total. The van der Waals surface area contributed by atoms with Gasteiger partial charge in [-0.3, -0.25) is 4.79 Å². The van der Waals surface area contributed by atoms with Gasteiger partial charge in [0.1, 0.15) is 5.75 Å². The van der Waals surface area contributed by atoms with E-state index in [-0.39, 0.29) is 5.78 Å². The number of carbonyl (C=O) groups excluding carboxylic acids is 1. The molecule has 0 aromatic heterocycles. The van der Waals surface area contributed by atoms with Crippen molar-refractivity contribution in [1.29, 1.82) is 0 Å². The van der Waals surface area contributed by atoms with E-state index in [1.54, 1.807) is 37.1 Å². The Kier molecular flexibility index (Phi) is 5.71. The van der Waals surface area contributed by atoms with E-state index in [0.29, 0.717) is 22.1 Å². The fourth-order valence-electron chi connectivity index (χ4n) is 1.23. The maximum absolute atomic E-state index is 11.8. The van der Waals surface area contributed by atoms with Crippen molar-refractivity contribution in [1.82, 2.24) is 0 Å². The van der Waals surface area contributed by atoms with E-state index in [1.807, 2.05) is 0 Å². The molecule has 0 spiro atoms. The predicted molar refractivity (Wildman–Crippen MR) is 70.0 cm³/mol. The van der Waals surface area contributed by atoms with E-state index in [4.69, 9.17) is 16.3 Å². The Morgan fingerprint density at radius 3 is 2.88 bits per heavy atom. The molecular weight excluding hydrogens is 244 g/mol. The summed E-state index contributed by atoms with van der Waals surface area (Å²) in [6.07, 6.45) is 1.07. The minimum atomic E-state index is 0.0577. The molecule has 0 aliphatic carbocycles. The van der Waals surface area contributed by atoms with Gasteiger partial charge < -0.3 is 4.74 Å². The maximum atomic E-state index is 11.8. The average Bonchev–Trinajstić information content (AvgIpc) is 2.30. The van der Waals surface area contributed by atoms with Gasteiger partial charge in [0.05, 0.1) is 17.9 Å². The number of ketones is 1. The van der Waals surface area contributed by atoms with Crippen molar-refractivity contribution < 1.29 is 9.53 Å². The summed E-state index contributed by atoms with van der Waals surface area (Å²) in [5.41, 5.74) is 0.546. The average molecular weight is 259 g/mol. The van der Waals surface area contributed by atoms with Crippen LogP contribution in [0.3, 0.4) is 0 Å². The molecule has 1 aromatic carbocycles. The summed E-state index contributed by atoms with van der Waals surface area (Å²) >= 11 is 7.60. The van der Waals surface area contributed by atoms with Crippen LogP contribution in [-0.4, -0.2) is 24.4 Å². The molecule has 0 aliphatic heterocycles. The standard InChI is InChI=1S/C12H15ClO2S/c1-3-6-16-8-12(14)10-7-9(15-2)4-5-11(10)13/h4-5,7H,3,6,8H2,1-2H3. The largest absolute Gasteiger partial charge is 0.497 e. The zero-order valence-electron chi connectivity index (χ0n) is 9.46. The van der Waals surface area contributed by atoms with Crippen LogP contribution in [0.15, 0.2) is 18.2 Å². The first-order valence-electron chi connectivity index (χ1n) is 5.13. The van der Waals surface area contributed by atoms with E-state index < -0.39 is 0 Å². The molecule has 0 fully saturated rings. The minimum absolute atomic E-state index is 0.0577. The Bertz CT molecular complexity index is 366. The van der Waals surface area contributed by atoms with Crippen molar-refractivity contribution in [3.8, 4) is 5.75 Å². The van der Waals surface area contributed by atoms with Gasteiger partial charge in [0.25, 0.3) is 0 Å². The lowest BCUT2D eigenvalue weighted by atomic mass is 10.1. The van der Waals surface area contributed by atoms with Crippen molar-refractivity contribution in [2.75, 3.05) is 18.6 Å². The molecule has 88 valence electrons. The number of thioether (sulfide) groups is 1. The summed E-state index contributed by atoms with van der Waals surface area (Å²) < 4.78 is 5.07. The molecule has 1 rings (SSSR count). The third-order valence-corrected chi connectivity index (χ3v) is 3.55. The van der Waals surface area contributed by atoms with Gasteiger partial charge in [-0.1, -0.05) is 18.5 Å². The molecule has 0 atom stereocenters.